The van der Waals surface area contributed by atoms with Crippen LogP contribution >= 0.6 is 23.2 Å². The summed E-state index contributed by atoms with van der Waals surface area (Å²) in [4.78, 5) is 4.20. The molecule has 5 heteroatoms. The normalized spacial score (nSPS) is 12.2. The molecule has 0 saturated heterocycles. The first-order valence-electron chi connectivity index (χ1n) is 5.33. The van der Waals surface area contributed by atoms with Gasteiger partial charge in [0, 0.05) is 6.20 Å². The summed E-state index contributed by atoms with van der Waals surface area (Å²) < 4.78 is 5.16. The zero-order valence-corrected chi connectivity index (χ0v) is 11.2. The predicted octanol–water partition coefficient (Wildman–Crippen LogP) is 3.45. The van der Waals surface area contributed by atoms with Gasteiger partial charge in [-0.15, -0.1) is 0 Å². The number of pyridine rings is 1. The maximum Gasteiger partial charge on any atom is 0.137 e. The molecular formula is C13H12Cl2N2O. The third-order valence-corrected chi connectivity index (χ3v) is 3.25. The first-order valence-corrected chi connectivity index (χ1v) is 6.08. The fourth-order valence-electron chi connectivity index (χ4n) is 1.65. The minimum Gasteiger partial charge on any atom is -0.495 e. The number of aromatic nitrogens is 1. The fourth-order valence-corrected chi connectivity index (χ4v) is 2.09. The highest BCUT2D eigenvalue weighted by Gasteiger charge is 2.15. The van der Waals surface area contributed by atoms with Gasteiger partial charge in [0.2, 0.25) is 0 Å². The van der Waals surface area contributed by atoms with Gasteiger partial charge in [-0.25, -0.2) is 0 Å². The van der Waals surface area contributed by atoms with E-state index in [0.717, 1.165) is 5.56 Å². The summed E-state index contributed by atoms with van der Waals surface area (Å²) in [5.74, 6) is 0.580. The van der Waals surface area contributed by atoms with Crippen molar-refractivity contribution in [3.63, 3.8) is 0 Å². The summed E-state index contributed by atoms with van der Waals surface area (Å²) in [7, 11) is 1.56. The Bertz CT molecular complexity index is 560. The monoisotopic (exact) mass is 282 g/mol. The van der Waals surface area contributed by atoms with Crippen molar-refractivity contribution in [1.82, 2.24) is 4.98 Å². The molecule has 94 valence electrons. The summed E-state index contributed by atoms with van der Waals surface area (Å²) in [6, 6.07) is 8.48. The average Bonchev–Trinajstić information content (AvgIpc) is 2.39. The molecule has 2 rings (SSSR count). The molecule has 0 bridgehead atoms. The molecule has 1 heterocycles. The van der Waals surface area contributed by atoms with E-state index in [9.17, 15) is 0 Å². The van der Waals surface area contributed by atoms with Crippen LogP contribution in [-0.2, 0) is 0 Å². The van der Waals surface area contributed by atoms with E-state index in [4.69, 9.17) is 33.7 Å². The van der Waals surface area contributed by atoms with Crippen LogP contribution in [0.1, 0.15) is 17.3 Å². The highest BCUT2D eigenvalue weighted by molar-refractivity contribution is 6.32. The van der Waals surface area contributed by atoms with Gasteiger partial charge in [-0.3, -0.25) is 4.98 Å². The number of hydrogen-bond donors (Lipinski definition) is 1. The lowest BCUT2D eigenvalue weighted by molar-refractivity contribution is 0.414. The SMILES string of the molecule is COc1cc(C(N)c2ncccc2Cl)ccc1Cl. The summed E-state index contributed by atoms with van der Waals surface area (Å²) in [6.07, 6.45) is 1.66. The van der Waals surface area contributed by atoms with Gasteiger partial charge in [-0.05, 0) is 29.8 Å². The van der Waals surface area contributed by atoms with Gasteiger partial charge >= 0.3 is 0 Å². The van der Waals surface area contributed by atoms with Crippen LogP contribution in [0.2, 0.25) is 10.0 Å². The van der Waals surface area contributed by atoms with E-state index >= 15 is 0 Å². The van der Waals surface area contributed by atoms with Crippen molar-refractivity contribution >= 4 is 23.2 Å². The minimum atomic E-state index is -0.412. The Morgan fingerprint density at radius 3 is 2.67 bits per heavy atom. The van der Waals surface area contributed by atoms with Crippen LogP contribution in [0.25, 0.3) is 0 Å². The molecule has 0 saturated carbocycles. The molecule has 1 aromatic carbocycles. The molecule has 0 aliphatic carbocycles. The van der Waals surface area contributed by atoms with Crippen molar-refractivity contribution in [3.8, 4) is 5.75 Å². The van der Waals surface area contributed by atoms with Gasteiger partial charge in [0.05, 0.1) is 28.9 Å². The standard InChI is InChI=1S/C13H12Cl2N2O/c1-18-11-7-8(4-5-9(11)14)12(16)13-10(15)3-2-6-17-13/h2-7,12H,16H2,1H3. The van der Waals surface area contributed by atoms with E-state index in [2.05, 4.69) is 4.98 Å². The summed E-state index contributed by atoms with van der Waals surface area (Å²) in [5.41, 5.74) is 7.62. The van der Waals surface area contributed by atoms with E-state index in [-0.39, 0.29) is 0 Å². The van der Waals surface area contributed by atoms with E-state index in [0.29, 0.717) is 21.5 Å². The van der Waals surface area contributed by atoms with E-state index < -0.39 is 6.04 Å². The van der Waals surface area contributed by atoms with Crippen molar-refractivity contribution in [3.05, 3.63) is 57.8 Å². The molecule has 3 nitrogen and oxygen atoms in total. The number of nitrogens with two attached hydrogens (primary N) is 1. The lowest BCUT2D eigenvalue weighted by Gasteiger charge is -2.14. The molecule has 0 aliphatic rings. The Morgan fingerprint density at radius 2 is 2.00 bits per heavy atom. The number of ether oxygens (including phenoxy) is 1. The van der Waals surface area contributed by atoms with Crippen molar-refractivity contribution in [2.75, 3.05) is 7.11 Å². The first-order chi connectivity index (χ1) is 8.63. The maximum atomic E-state index is 6.15. The van der Waals surface area contributed by atoms with Crippen molar-refractivity contribution in [2.45, 2.75) is 6.04 Å². The molecule has 2 aromatic rings. The van der Waals surface area contributed by atoms with Gasteiger partial charge in [0.15, 0.2) is 0 Å². The lowest BCUT2D eigenvalue weighted by atomic mass is 10.0. The van der Waals surface area contributed by atoms with E-state index in [1.165, 1.54) is 0 Å². The largest absolute Gasteiger partial charge is 0.495 e. The van der Waals surface area contributed by atoms with Gasteiger partial charge in [-0.1, -0.05) is 29.3 Å². The van der Waals surface area contributed by atoms with Crippen molar-refractivity contribution < 1.29 is 4.74 Å². The molecule has 2 N–H and O–H groups in total. The van der Waals surface area contributed by atoms with Crippen LogP contribution < -0.4 is 10.5 Å². The van der Waals surface area contributed by atoms with Crippen molar-refractivity contribution in [2.24, 2.45) is 5.73 Å². The van der Waals surface area contributed by atoms with Crippen LogP contribution in [-0.4, -0.2) is 12.1 Å². The molecule has 1 unspecified atom stereocenters. The average molecular weight is 283 g/mol. The minimum absolute atomic E-state index is 0.412. The second-order valence-electron chi connectivity index (χ2n) is 3.74. The quantitative estimate of drug-likeness (QED) is 0.938. The predicted molar refractivity (Wildman–Crippen MR) is 73.3 cm³/mol. The highest BCUT2D eigenvalue weighted by atomic mass is 35.5. The molecule has 0 spiro atoms. The van der Waals surface area contributed by atoms with Crippen LogP contribution in [0.4, 0.5) is 0 Å². The number of nitrogens with zero attached hydrogens (tertiary/aromatic N) is 1. The summed E-state index contributed by atoms with van der Waals surface area (Å²) in [6.45, 7) is 0. The van der Waals surface area contributed by atoms with Crippen LogP contribution in [0, 0.1) is 0 Å². The smallest absolute Gasteiger partial charge is 0.137 e. The number of halogens is 2. The maximum absolute atomic E-state index is 6.15. The van der Waals surface area contributed by atoms with Gasteiger partial charge in [-0.2, -0.15) is 0 Å². The summed E-state index contributed by atoms with van der Waals surface area (Å²) in [5, 5.41) is 1.08. The number of rotatable bonds is 3. The highest BCUT2D eigenvalue weighted by Crippen LogP contribution is 2.30. The molecule has 1 atom stereocenters. The first kappa shape index (κ1) is 13.1. The van der Waals surface area contributed by atoms with Gasteiger partial charge in [0.1, 0.15) is 5.75 Å². The molecular weight excluding hydrogens is 271 g/mol. The second-order valence-corrected chi connectivity index (χ2v) is 4.56. The Labute approximate surface area is 115 Å². The van der Waals surface area contributed by atoms with Crippen LogP contribution in [0.5, 0.6) is 5.75 Å². The zero-order valence-electron chi connectivity index (χ0n) is 9.73. The number of hydrogen-bond acceptors (Lipinski definition) is 3. The van der Waals surface area contributed by atoms with E-state index in [1.807, 2.05) is 6.07 Å². The number of methoxy groups -OCH3 is 1. The third-order valence-electron chi connectivity index (χ3n) is 2.62. The van der Waals surface area contributed by atoms with Crippen LogP contribution in [0.15, 0.2) is 36.5 Å². The molecule has 0 amide bonds. The Morgan fingerprint density at radius 1 is 1.22 bits per heavy atom. The summed E-state index contributed by atoms with van der Waals surface area (Å²) >= 11 is 12.0. The fraction of sp³-hybridized carbons (Fsp3) is 0.154. The van der Waals surface area contributed by atoms with Gasteiger partial charge < -0.3 is 10.5 Å². The van der Waals surface area contributed by atoms with Crippen LogP contribution in [0.3, 0.4) is 0 Å². The molecule has 18 heavy (non-hydrogen) atoms. The Kier molecular flexibility index (Phi) is 4.07. The zero-order chi connectivity index (χ0) is 13.1. The molecule has 0 aliphatic heterocycles. The third kappa shape index (κ3) is 2.58. The van der Waals surface area contributed by atoms with E-state index in [1.54, 1.807) is 37.6 Å². The Hall–Kier alpha value is -1.29. The molecule has 0 fully saturated rings. The van der Waals surface area contributed by atoms with Gasteiger partial charge in [0.25, 0.3) is 0 Å². The van der Waals surface area contributed by atoms with Crippen molar-refractivity contribution in [1.29, 1.82) is 0 Å². The number of benzene rings is 1. The molecule has 1 aromatic heterocycles. The second kappa shape index (κ2) is 5.57. The Balaban J connectivity index is 2.40. The lowest BCUT2D eigenvalue weighted by Crippen LogP contribution is -2.14. The molecule has 0 radical (unpaired) electrons. The topological polar surface area (TPSA) is 48.1 Å².